The van der Waals surface area contributed by atoms with Gasteiger partial charge in [0.25, 0.3) is 0 Å². The third-order valence-electron chi connectivity index (χ3n) is 9.63. The molecule has 2 atom stereocenters. The van der Waals surface area contributed by atoms with Crippen LogP contribution in [0, 0.1) is 34.0 Å². The first-order valence-electron chi connectivity index (χ1n) is 14.9. The maximum absolute atomic E-state index is 10.6. The maximum atomic E-state index is 10.6. The number of aromatic nitrogens is 1. The zero-order valence-electron chi connectivity index (χ0n) is 24.0. The summed E-state index contributed by atoms with van der Waals surface area (Å²) in [6, 6.07) is 48.8. The smallest absolute Gasteiger partial charge is 0.0995 e. The van der Waals surface area contributed by atoms with E-state index in [4.69, 9.17) is 0 Å². The Morgan fingerprint density at radius 1 is 0.467 bits per heavy atom. The van der Waals surface area contributed by atoms with E-state index in [9.17, 15) is 15.8 Å². The quantitative estimate of drug-likeness (QED) is 0.208. The van der Waals surface area contributed by atoms with E-state index >= 15 is 0 Å². The van der Waals surface area contributed by atoms with Crippen molar-refractivity contribution in [3.05, 3.63) is 171 Å². The average molecular weight is 571 g/mol. The summed E-state index contributed by atoms with van der Waals surface area (Å²) in [7, 11) is 0. The summed E-state index contributed by atoms with van der Waals surface area (Å²) in [5.74, 6) is -0.416. The number of fused-ring (bicyclic) bond motifs is 3. The molecule has 0 saturated carbocycles. The van der Waals surface area contributed by atoms with Gasteiger partial charge in [-0.3, -0.25) is 0 Å². The van der Waals surface area contributed by atoms with Crippen molar-refractivity contribution in [3.8, 4) is 35.0 Å². The van der Waals surface area contributed by atoms with E-state index in [1.165, 1.54) is 10.9 Å². The van der Waals surface area contributed by atoms with Crippen molar-refractivity contribution < 1.29 is 0 Å². The molecule has 3 aliphatic rings. The van der Waals surface area contributed by atoms with Gasteiger partial charge in [-0.15, -0.1) is 0 Å². The highest BCUT2D eigenvalue weighted by molar-refractivity contribution is 6.10. The summed E-state index contributed by atoms with van der Waals surface area (Å²) in [5.41, 5.74) is 13.3. The number of hydrogen-bond acceptors (Lipinski definition) is 3. The number of nitrogens with zero attached hydrogens (tertiary/aromatic N) is 4. The molecule has 206 valence electrons. The van der Waals surface area contributed by atoms with Crippen molar-refractivity contribution in [2.75, 3.05) is 0 Å². The van der Waals surface area contributed by atoms with Crippen molar-refractivity contribution in [1.29, 1.82) is 15.8 Å². The van der Waals surface area contributed by atoms with Gasteiger partial charge in [0, 0.05) is 28.3 Å². The number of nitriles is 3. The highest BCUT2D eigenvalue weighted by Gasteiger charge is 2.44. The van der Waals surface area contributed by atoms with Gasteiger partial charge in [-0.1, -0.05) is 66.7 Å². The molecule has 3 aliphatic carbocycles. The van der Waals surface area contributed by atoms with Crippen LogP contribution in [-0.4, -0.2) is 4.57 Å². The molecule has 0 amide bonds. The van der Waals surface area contributed by atoms with Gasteiger partial charge < -0.3 is 4.57 Å². The molecule has 1 aromatic heterocycles. The van der Waals surface area contributed by atoms with Crippen molar-refractivity contribution in [3.63, 3.8) is 0 Å². The summed E-state index contributed by atoms with van der Waals surface area (Å²) in [6.07, 6.45) is 0. The van der Waals surface area contributed by atoms with Crippen LogP contribution in [0.25, 0.3) is 38.6 Å². The van der Waals surface area contributed by atoms with Crippen LogP contribution < -0.4 is 0 Å². The summed E-state index contributed by atoms with van der Waals surface area (Å²) in [4.78, 5) is 0. The summed E-state index contributed by atoms with van der Waals surface area (Å²) in [6.45, 7) is 0. The second-order valence-corrected chi connectivity index (χ2v) is 11.8. The van der Waals surface area contributed by atoms with Crippen LogP contribution in [0.5, 0.6) is 0 Å². The van der Waals surface area contributed by atoms with Crippen LogP contribution in [0.1, 0.15) is 61.9 Å². The Hall–Kier alpha value is -6.41. The van der Waals surface area contributed by atoms with Crippen LogP contribution in [0.3, 0.4) is 0 Å². The summed E-state index contributed by atoms with van der Waals surface area (Å²) < 4.78 is 2.30. The Morgan fingerprint density at radius 3 is 1.87 bits per heavy atom. The zero-order valence-corrected chi connectivity index (χ0v) is 24.0. The van der Waals surface area contributed by atoms with Gasteiger partial charge in [-0.2, -0.15) is 15.8 Å². The standard InChI is InChI=1S/C41H22N4/c42-21-24-16-27(22-43)38-34(17-24)40-31-11-4-5-12-32(31)41(38)39-28(23-44)18-26(20-35(39)40)25-14-15-37-33(19-25)30-10-6-7-13-36(30)45(37)29-8-2-1-3-9-29/h1-20,40-41H. The van der Waals surface area contributed by atoms with Crippen LogP contribution in [0.2, 0.25) is 0 Å². The van der Waals surface area contributed by atoms with Gasteiger partial charge in [0.15, 0.2) is 0 Å². The van der Waals surface area contributed by atoms with Crippen molar-refractivity contribution in [1.82, 2.24) is 4.57 Å². The fourth-order valence-corrected chi connectivity index (χ4v) is 7.89. The second-order valence-electron chi connectivity index (χ2n) is 11.8. The van der Waals surface area contributed by atoms with E-state index < -0.39 is 0 Å². The molecule has 0 radical (unpaired) electrons. The van der Waals surface area contributed by atoms with Gasteiger partial charge >= 0.3 is 0 Å². The lowest BCUT2D eigenvalue weighted by Gasteiger charge is -2.43. The molecule has 45 heavy (non-hydrogen) atoms. The summed E-state index contributed by atoms with van der Waals surface area (Å²) in [5, 5.41) is 32.9. The molecular formula is C41H22N4. The van der Waals surface area contributed by atoms with Crippen LogP contribution in [-0.2, 0) is 0 Å². The number of para-hydroxylation sites is 2. The van der Waals surface area contributed by atoms with Crippen LogP contribution in [0.4, 0.5) is 0 Å². The minimum absolute atomic E-state index is 0.174. The molecular weight excluding hydrogens is 548 g/mol. The first kappa shape index (κ1) is 25.1. The van der Waals surface area contributed by atoms with Crippen molar-refractivity contribution in [2.45, 2.75) is 11.8 Å². The van der Waals surface area contributed by atoms with Gasteiger partial charge in [0.2, 0.25) is 0 Å². The average Bonchev–Trinajstić information content (AvgIpc) is 3.44. The highest BCUT2D eigenvalue weighted by atomic mass is 15.0. The van der Waals surface area contributed by atoms with E-state index in [2.05, 4.69) is 108 Å². The second kappa shape index (κ2) is 9.29. The van der Waals surface area contributed by atoms with Crippen molar-refractivity contribution >= 4 is 21.8 Å². The minimum Gasteiger partial charge on any atom is -0.309 e. The Balaban J connectivity index is 1.30. The van der Waals surface area contributed by atoms with E-state index in [-0.39, 0.29) is 11.8 Å². The lowest BCUT2D eigenvalue weighted by atomic mass is 9.59. The zero-order chi connectivity index (χ0) is 30.2. The predicted octanol–water partition coefficient (Wildman–Crippen LogP) is 9.05. The van der Waals surface area contributed by atoms with Gasteiger partial charge in [0.1, 0.15) is 0 Å². The van der Waals surface area contributed by atoms with Crippen molar-refractivity contribution in [2.24, 2.45) is 0 Å². The molecule has 7 aromatic rings. The SMILES string of the molecule is N#Cc1cc(C#N)c2c(c1)C1c3ccccc3C2c2c(C#N)cc(-c3ccc4c(c3)c3ccccc3n4-c3ccccc3)cc21. The third-order valence-corrected chi connectivity index (χ3v) is 9.63. The molecule has 0 aliphatic heterocycles. The van der Waals surface area contributed by atoms with Crippen LogP contribution >= 0.6 is 0 Å². The lowest BCUT2D eigenvalue weighted by molar-refractivity contribution is 0.749. The first-order chi connectivity index (χ1) is 22.2. The summed E-state index contributed by atoms with van der Waals surface area (Å²) >= 11 is 0. The Bertz CT molecular complexity index is 2530. The van der Waals surface area contributed by atoms with E-state index in [0.717, 1.165) is 61.1 Å². The lowest BCUT2D eigenvalue weighted by Crippen LogP contribution is -2.29. The largest absolute Gasteiger partial charge is 0.309 e. The molecule has 4 nitrogen and oxygen atoms in total. The normalized spacial score (nSPS) is 15.5. The number of benzene rings is 6. The molecule has 2 bridgehead atoms. The fourth-order valence-electron chi connectivity index (χ4n) is 7.89. The molecule has 1 heterocycles. The molecule has 0 saturated heterocycles. The highest BCUT2D eigenvalue weighted by Crippen LogP contribution is 2.58. The van der Waals surface area contributed by atoms with E-state index in [0.29, 0.717) is 16.7 Å². The van der Waals surface area contributed by atoms with Gasteiger partial charge in [-0.05, 0) is 99.1 Å². The molecule has 2 unspecified atom stereocenters. The fraction of sp³-hybridized carbons (Fsp3) is 0.0488. The molecule has 0 fully saturated rings. The first-order valence-corrected chi connectivity index (χ1v) is 14.9. The monoisotopic (exact) mass is 570 g/mol. The Morgan fingerprint density at radius 2 is 1.11 bits per heavy atom. The van der Waals surface area contributed by atoms with Gasteiger partial charge in [-0.25, -0.2) is 0 Å². The topological polar surface area (TPSA) is 76.3 Å². The Labute approximate surface area is 259 Å². The molecule has 0 spiro atoms. The van der Waals surface area contributed by atoms with E-state index in [1.807, 2.05) is 30.3 Å². The molecule has 10 rings (SSSR count). The molecule has 6 aromatic carbocycles. The minimum atomic E-state index is -0.242. The van der Waals surface area contributed by atoms with E-state index in [1.54, 1.807) is 6.07 Å². The van der Waals surface area contributed by atoms with Gasteiger partial charge in [0.05, 0.1) is 45.9 Å². The number of rotatable bonds is 2. The maximum Gasteiger partial charge on any atom is 0.0995 e. The predicted molar refractivity (Wildman–Crippen MR) is 175 cm³/mol. The van der Waals surface area contributed by atoms with Crippen LogP contribution in [0.15, 0.2) is 121 Å². The number of hydrogen-bond donors (Lipinski definition) is 0. The molecule has 4 heteroatoms. The Kier molecular flexibility index (Phi) is 5.19. The molecule has 0 N–H and O–H groups in total. The third kappa shape index (κ3) is 3.39.